The minimum atomic E-state index is 0.383. The minimum absolute atomic E-state index is 0.383. The van der Waals surface area contributed by atoms with Gasteiger partial charge in [0.15, 0.2) is 23.2 Å². The maximum atomic E-state index is 7.37. The number of hydrogen-bond acceptors (Lipinski definition) is 4. The summed E-state index contributed by atoms with van der Waals surface area (Å²) in [4.78, 5) is 18.5. The lowest BCUT2D eigenvalue weighted by Crippen LogP contribution is -2.48. The maximum Gasteiger partial charge on any atom is 0.187 e. The van der Waals surface area contributed by atoms with Crippen LogP contribution in [0.2, 0.25) is 0 Å². The van der Waals surface area contributed by atoms with E-state index in [1.807, 2.05) is 54.6 Å². The van der Waals surface area contributed by atoms with Crippen molar-refractivity contribution in [3.63, 3.8) is 0 Å². The van der Waals surface area contributed by atoms with Crippen molar-refractivity contribution >= 4 is 27.6 Å². The van der Waals surface area contributed by atoms with E-state index in [0.717, 1.165) is 61.9 Å². The van der Waals surface area contributed by atoms with Crippen LogP contribution in [0.15, 0.2) is 120 Å². The van der Waals surface area contributed by atoms with Gasteiger partial charge in [0, 0.05) is 33.0 Å². The van der Waals surface area contributed by atoms with Crippen molar-refractivity contribution in [2.24, 2.45) is 17.8 Å². The zero-order valence-corrected chi connectivity index (χ0v) is 27.1. The highest BCUT2D eigenvalue weighted by Gasteiger charge is 2.51. The Morgan fingerprint density at radius 2 is 1.16 bits per heavy atom. The van der Waals surface area contributed by atoms with Crippen LogP contribution in [0, 0.1) is 24.3 Å². The number of hydrogen-bond donors (Lipinski definition) is 0. The van der Waals surface area contributed by atoms with Crippen LogP contribution >= 0.6 is 0 Å². The summed E-state index contributed by atoms with van der Waals surface area (Å²) in [6.45, 7) is 7.37. The van der Waals surface area contributed by atoms with E-state index < -0.39 is 0 Å². The van der Waals surface area contributed by atoms with Crippen LogP contribution in [0.5, 0.6) is 0 Å². The Hall–Kier alpha value is -5.60. The van der Waals surface area contributed by atoms with Crippen LogP contribution in [0.25, 0.3) is 72.1 Å². The fourth-order valence-corrected chi connectivity index (χ4v) is 9.76. The van der Waals surface area contributed by atoms with Gasteiger partial charge in [0.05, 0.1) is 6.57 Å². The Morgan fingerprint density at radius 1 is 0.571 bits per heavy atom. The second-order valence-corrected chi connectivity index (χ2v) is 14.6. The second-order valence-electron chi connectivity index (χ2n) is 14.6. The zero-order valence-electron chi connectivity index (χ0n) is 27.1. The van der Waals surface area contributed by atoms with Crippen molar-refractivity contribution < 1.29 is 4.42 Å². The minimum Gasteiger partial charge on any atom is -0.455 e. The summed E-state index contributed by atoms with van der Waals surface area (Å²) >= 11 is 0. The molecule has 7 aromatic rings. The lowest BCUT2D eigenvalue weighted by atomic mass is 9.48. The quantitative estimate of drug-likeness (QED) is 0.177. The summed E-state index contributed by atoms with van der Waals surface area (Å²) in [6.07, 6.45) is 8.50. The summed E-state index contributed by atoms with van der Waals surface area (Å²) in [5, 5.41) is 2.03. The first-order valence-corrected chi connectivity index (χ1v) is 17.5. The molecular formula is C44H34N4O. The Balaban J connectivity index is 1.09. The Kier molecular flexibility index (Phi) is 6.36. The predicted octanol–water partition coefficient (Wildman–Crippen LogP) is 11.5. The molecule has 4 aliphatic rings. The highest BCUT2D eigenvalue weighted by Crippen LogP contribution is 2.60. The molecule has 49 heavy (non-hydrogen) atoms. The van der Waals surface area contributed by atoms with Crippen molar-refractivity contribution in [1.82, 2.24) is 15.0 Å². The summed E-state index contributed by atoms with van der Waals surface area (Å²) in [5.74, 6) is 4.53. The summed E-state index contributed by atoms with van der Waals surface area (Å²) in [7, 11) is 0. The van der Waals surface area contributed by atoms with E-state index in [1.54, 1.807) is 12.1 Å². The summed E-state index contributed by atoms with van der Waals surface area (Å²) < 4.78 is 6.69. The Bertz CT molecular complexity index is 2380. The number of nitrogens with zero attached hydrogens (tertiary/aromatic N) is 4. The highest BCUT2D eigenvalue weighted by atomic mass is 16.3. The van der Waals surface area contributed by atoms with Gasteiger partial charge in [-0.1, -0.05) is 109 Å². The SMILES string of the molecule is [C-]#[N+]c1ccc(-c2nc(-c3ccccc3)nc(-c3cccc4oc5c(-c6ccc(C78CC9CC(CC(C9)C7)C8)cc6)cccc5c34)n2)cc1. The first-order chi connectivity index (χ1) is 24.1. The first kappa shape index (κ1) is 28.4. The number of furan rings is 1. The molecule has 5 heteroatoms. The van der Waals surface area contributed by atoms with Crippen LogP contribution in [-0.2, 0) is 5.41 Å². The van der Waals surface area contributed by atoms with Gasteiger partial charge < -0.3 is 4.42 Å². The van der Waals surface area contributed by atoms with E-state index in [0.29, 0.717) is 28.6 Å². The van der Waals surface area contributed by atoms with Crippen molar-refractivity contribution in [2.75, 3.05) is 0 Å². The van der Waals surface area contributed by atoms with Crippen molar-refractivity contribution in [3.8, 4) is 45.3 Å². The fourth-order valence-electron chi connectivity index (χ4n) is 9.76. The highest BCUT2D eigenvalue weighted by molar-refractivity contribution is 6.15. The average molecular weight is 635 g/mol. The summed E-state index contributed by atoms with van der Waals surface area (Å²) in [6, 6.07) is 39.4. The molecular weight excluding hydrogens is 601 g/mol. The molecule has 0 radical (unpaired) electrons. The van der Waals surface area contributed by atoms with Crippen molar-refractivity contribution in [3.05, 3.63) is 132 Å². The average Bonchev–Trinajstić information content (AvgIpc) is 3.54. The third kappa shape index (κ3) is 4.70. The smallest absolute Gasteiger partial charge is 0.187 e. The third-order valence-electron chi connectivity index (χ3n) is 11.5. The molecule has 4 aliphatic carbocycles. The van der Waals surface area contributed by atoms with Gasteiger partial charge in [-0.3, -0.25) is 0 Å². The molecule has 5 aromatic carbocycles. The molecule has 4 saturated carbocycles. The van der Waals surface area contributed by atoms with Gasteiger partial charge in [0.2, 0.25) is 0 Å². The van der Waals surface area contributed by atoms with Gasteiger partial charge in [-0.05, 0) is 78.9 Å². The molecule has 4 fully saturated rings. The lowest BCUT2D eigenvalue weighted by molar-refractivity contribution is -0.00518. The van der Waals surface area contributed by atoms with Crippen LogP contribution < -0.4 is 0 Å². The molecule has 0 amide bonds. The van der Waals surface area contributed by atoms with Gasteiger partial charge in [-0.15, -0.1) is 0 Å². The molecule has 2 heterocycles. The van der Waals surface area contributed by atoms with E-state index in [4.69, 9.17) is 25.9 Å². The standard InChI is InChI=1S/C44H34N4O/c1-45-34-19-15-32(16-20-34)42-46-41(31-7-3-2-4-8-31)47-43(48-42)37-11-6-12-38-39(37)36-10-5-9-35(40(36)49-38)30-13-17-33(18-14-30)44-24-27-21-28(25-44)23-29(22-27)26-44/h2-20,27-29H,21-26H2. The van der Waals surface area contributed by atoms with Crippen LogP contribution in [0.4, 0.5) is 5.69 Å². The molecule has 0 unspecified atom stereocenters. The van der Waals surface area contributed by atoms with E-state index in [1.165, 1.54) is 49.7 Å². The van der Waals surface area contributed by atoms with Crippen LogP contribution in [0.1, 0.15) is 44.1 Å². The van der Waals surface area contributed by atoms with Gasteiger partial charge in [-0.25, -0.2) is 19.8 Å². The number of aromatic nitrogens is 3. The molecule has 5 nitrogen and oxygen atoms in total. The number of para-hydroxylation sites is 1. The van der Waals surface area contributed by atoms with E-state index >= 15 is 0 Å². The van der Waals surface area contributed by atoms with Gasteiger partial charge in [0.25, 0.3) is 0 Å². The maximum absolute atomic E-state index is 7.37. The third-order valence-corrected chi connectivity index (χ3v) is 11.5. The molecule has 11 rings (SSSR count). The Labute approximate surface area is 285 Å². The molecule has 2 aromatic heterocycles. The fraction of sp³-hybridized carbons (Fsp3) is 0.227. The zero-order chi connectivity index (χ0) is 32.5. The number of rotatable bonds is 5. The molecule has 236 valence electrons. The molecule has 0 aliphatic heterocycles. The predicted molar refractivity (Wildman–Crippen MR) is 195 cm³/mol. The largest absolute Gasteiger partial charge is 0.455 e. The van der Waals surface area contributed by atoms with Crippen LogP contribution in [0.3, 0.4) is 0 Å². The van der Waals surface area contributed by atoms with Gasteiger partial charge in [-0.2, -0.15) is 0 Å². The summed E-state index contributed by atoms with van der Waals surface area (Å²) in [5.41, 5.74) is 9.08. The van der Waals surface area contributed by atoms with E-state index in [2.05, 4.69) is 53.4 Å². The van der Waals surface area contributed by atoms with E-state index in [9.17, 15) is 0 Å². The van der Waals surface area contributed by atoms with Crippen molar-refractivity contribution in [2.45, 2.75) is 43.9 Å². The number of fused-ring (bicyclic) bond motifs is 3. The topological polar surface area (TPSA) is 56.2 Å². The normalized spacial score (nSPS) is 22.5. The Morgan fingerprint density at radius 3 is 1.84 bits per heavy atom. The second kappa shape index (κ2) is 11.0. The molecule has 0 spiro atoms. The first-order valence-electron chi connectivity index (χ1n) is 17.5. The lowest BCUT2D eigenvalue weighted by Gasteiger charge is -2.57. The molecule has 0 N–H and O–H groups in total. The van der Waals surface area contributed by atoms with E-state index in [-0.39, 0.29) is 0 Å². The monoisotopic (exact) mass is 634 g/mol. The molecule has 0 atom stereocenters. The van der Waals surface area contributed by atoms with Crippen LogP contribution in [-0.4, -0.2) is 15.0 Å². The van der Waals surface area contributed by atoms with Gasteiger partial charge >= 0.3 is 0 Å². The van der Waals surface area contributed by atoms with Crippen molar-refractivity contribution in [1.29, 1.82) is 0 Å². The molecule has 4 bridgehead atoms. The number of benzene rings is 5. The van der Waals surface area contributed by atoms with Gasteiger partial charge in [0.1, 0.15) is 11.2 Å². The molecule has 0 saturated heterocycles.